The summed E-state index contributed by atoms with van der Waals surface area (Å²) in [6.45, 7) is 1.79. The first-order valence-corrected chi connectivity index (χ1v) is 4.58. The summed E-state index contributed by atoms with van der Waals surface area (Å²) in [6.07, 6.45) is 3.25. The van der Waals surface area contributed by atoms with Crippen molar-refractivity contribution in [1.29, 1.82) is 0 Å². The van der Waals surface area contributed by atoms with Gasteiger partial charge in [-0.25, -0.2) is 4.98 Å². The van der Waals surface area contributed by atoms with E-state index in [0.717, 1.165) is 0 Å². The van der Waals surface area contributed by atoms with Crippen molar-refractivity contribution in [3.63, 3.8) is 0 Å². The van der Waals surface area contributed by atoms with E-state index in [1.165, 1.54) is 4.57 Å². The van der Waals surface area contributed by atoms with E-state index in [2.05, 4.69) is 4.98 Å². The van der Waals surface area contributed by atoms with E-state index >= 15 is 0 Å². The van der Waals surface area contributed by atoms with Gasteiger partial charge in [0.15, 0.2) is 0 Å². The summed E-state index contributed by atoms with van der Waals surface area (Å²) in [5.41, 5.74) is 6.79. The fourth-order valence-electron chi connectivity index (χ4n) is 1.36. The molecule has 0 spiro atoms. The predicted octanol–water partition coefficient (Wildman–Crippen LogP) is 1.46. The molecule has 0 saturated heterocycles. The number of aromatic nitrogens is 2. The average molecular weight is 201 g/mol. The zero-order valence-corrected chi connectivity index (χ0v) is 8.34. The highest BCUT2D eigenvalue weighted by Crippen LogP contribution is 2.08. The Morgan fingerprint density at radius 3 is 2.53 bits per heavy atom. The highest BCUT2D eigenvalue weighted by atomic mass is 16.2. The number of nitrogen functional groups attached to an aromatic ring is 1. The number of carbonyl (C=O) groups is 1. The second kappa shape index (κ2) is 3.57. The molecule has 2 N–H and O–H groups in total. The third kappa shape index (κ3) is 1.74. The van der Waals surface area contributed by atoms with Crippen molar-refractivity contribution in [3.8, 4) is 0 Å². The Bertz CT molecular complexity index is 485. The van der Waals surface area contributed by atoms with Gasteiger partial charge in [0, 0.05) is 23.6 Å². The SMILES string of the molecule is Cc1nccn1C(=O)c1ccc(N)cc1. The number of hydrogen-bond acceptors (Lipinski definition) is 3. The molecule has 0 aliphatic heterocycles. The van der Waals surface area contributed by atoms with Crippen LogP contribution in [0.25, 0.3) is 0 Å². The second-order valence-electron chi connectivity index (χ2n) is 3.27. The summed E-state index contributed by atoms with van der Waals surface area (Å²) in [4.78, 5) is 15.9. The Morgan fingerprint density at radius 2 is 2.00 bits per heavy atom. The molecular weight excluding hydrogens is 190 g/mol. The number of imidazole rings is 1. The first kappa shape index (κ1) is 9.45. The fourth-order valence-corrected chi connectivity index (χ4v) is 1.36. The molecule has 1 aromatic heterocycles. The van der Waals surface area contributed by atoms with Gasteiger partial charge in [-0.2, -0.15) is 0 Å². The van der Waals surface area contributed by atoms with Gasteiger partial charge < -0.3 is 5.73 Å². The van der Waals surface area contributed by atoms with E-state index in [-0.39, 0.29) is 5.91 Å². The van der Waals surface area contributed by atoms with Gasteiger partial charge in [-0.1, -0.05) is 0 Å². The molecular formula is C11H11N3O. The molecule has 1 heterocycles. The quantitative estimate of drug-likeness (QED) is 0.710. The van der Waals surface area contributed by atoms with Crippen LogP contribution in [0.4, 0.5) is 5.69 Å². The minimum Gasteiger partial charge on any atom is -0.399 e. The van der Waals surface area contributed by atoms with Crippen LogP contribution < -0.4 is 5.73 Å². The van der Waals surface area contributed by atoms with Crippen molar-refractivity contribution in [2.45, 2.75) is 6.92 Å². The Balaban J connectivity index is 2.37. The number of aryl methyl sites for hydroxylation is 1. The van der Waals surface area contributed by atoms with Gasteiger partial charge in [0.25, 0.3) is 5.91 Å². The van der Waals surface area contributed by atoms with Crippen LogP contribution in [-0.4, -0.2) is 15.5 Å². The van der Waals surface area contributed by atoms with Crippen LogP contribution in [0.3, 0.4) is 0 Å². The first-order valence-electron chi connectivity index (χ1n) is 4.58. The lowest BCUT2D eigenvalue weighted by Crippen LogP contribution is -2.12. The van der Waals surface area contributed by atoms with Crippen LogP contribution in [0.2, 0.25) is 0 Å². The van der Waals surface area contributed by atoms with Gasteiger partial charge >= 0.3 is 0 Å². The topological polar surface area (TPSA) is 60.9 Å². The van der Waals surface area contributed by atoms with E-state index in [9.17, 15) is 4.79 Å². The monoisotopic (exact) mass is 201 g/mol. The van der Waals surface area contributed by atoms with Crippen molar-refractivity contribution >= 4 is 11.6 Å². The maximum absolute atomic E-state index is 11.9. The number of anilines is 1. The largest absolute Gasteiger partial charge is 0.399 e. The molecule has 0 saturated carbocycles. The van der Waals surface area contributed by atoms with Crippen molar-refractivity contribution in [1.82, 2.24) is 9.55 Å². The summed E-state index contributed by atoms with van der Waals surface area (Å²) in [6, 6.07) is 6.83. The zero-order valence-electron chi connectivity index (χ0n) is 8.34. The fraction of sp³-hybridized carbons (Fsp3) is 0.0909. The van der Waals surface area contributed by atoms with Gasteiger partial charge in [-0.05, 0) is 31.2 Å². The number of carbonyl (C=O) groups excluding carboxylic acids is 1. The molecule has 0 amide bonds. The van der Waals surface area contributed by atoms with Gasteiger partial charge in [-0.3, -0.25) is 9.36 Å². The van der Waals surface area contributed by atoms with Crippen LogP contribution in [0.1, 0.15) is 16.2 Å². The molecule has 15 heavy (non-hydrogen) atoms. The molecule has 2 aromatic rings. The summed E-state index contributed by atoms with van der Waals surface area (Å²) in [7, 11) is 0. The maximum Gasteiger partial charge on any atom is 0.263 e. The molecule has 76 valence electrons. The van der Waals surface area contributed by atoms with Crippen LogP contribution in [0.5, 0.6) is 0 Å². The maximum atomic E-state index is 11.9. The number of nitrogens with two attached hydrogens (primary N) is 1. The minimum atomic E-state index is -0.0926. The van der Waals surface area contributed by atoms with Gasteiger partial charge in [0.05, 0.1) is 0 Å². The van der Waals surface area contributed by atoms with Crippen LogP contribution in [0.15, 0.2) is 36.7 Å². The number of hydrogen-bond donors (Lipinski definition) is 1. The highest BCUT2D eigenvalue weighted by molar-refractivity contribution is 5.96. The molecule has 4 nitrogen and oxygen atoms in total. The van der Waals surface area contributed by atoms with Crippen LogP contribution >= 0.6 is 0 Å². The van der Waals surface area contributed by atoms with Gasteiger partial charge in [0.1, 0.15) is 5.82 Å². The van der Waals surface area contributed by atoms with E-state index in [1.807, 2.05) is 0 Å². The minimum absolute atomic E-state index is 0.0926. The molecule has 1 aromatic carbocycles. The first-order chi connectivity index (χ1) is 7.18. The third-order valence-corrected chi connectivity index (χ3v) is 2.20. The van der Waals surface area contributed by atoms with Crippen molar-refractivity contribution in [2.75, 3.05) is 5.73 Å². The van der Waals surface area contributed by atoms with Crippen molar-refractivity contribution in [3.05, 3.63) is 48.0 Å². The normalized spacial score (nSPS) is 10.2. The number of benzene rings is 1. The summed E-state index contributed by atoms with van der Waals surface area (Å²) < 4.78 is 1.51. The lowest BCUT2D eigenvalue weighted by atomic mass is 10.2. The van der Waals surface area contributed by atoms with E-state index in [0.29, 0.717) is 17.1 Å². The molecule has 0 bridgehead atoms. The van der Waals surface area contributed by atoms with Crippen molar-refractivity contribution < 1.29 is 4.79 Å². The summed E-state index contributed by atoms with van der Waals surface area (Å²) in [5, 5.41) is 0. The lowest BCUT2D eigenvalue weighted by Gasteiger charge is -2.03. The standard InChI is InChI=1S/C11H11N3O/c1-8-13-6-7-14(8)11(15)9-2-4-10(12)5-3-9/h2-7H,12H2,1H3. The van der Waals surface area contributed by atoms with Crippen LogP contribution in [0, 0.1) is 6.92 Å². The second-order valence-corrected chi connectivity index (χ2v) is 3.27. The Hall–Kier alpha value is -2.10. The molecule has 0 radical (unpaired) electrons. The third-order valence-electron chi connectivity index (χ3n) is 2.20. The molecule has 0 atom stereocenters. The van der Waals surface area contributed by atoms with E-state index in [1.54, 1.807) is 43.6 Å². The Kier molecular flexibility index (Phi) is 2.25. The van der Waals surface area contributed by atoms with Gasteiger partial charge in [-0.15, -0.1) is 0 Å². The number of rotatable bonds is 1. The summed E-state index contributed by atoms with van der Waals surface area (Å²) in [5.74, 6) is 0.585. The average Bonchev–Trinajstić information content (AvgIpc) is 2.65. The molecule has 0 unspecified atom stereocenters. The zero-order chi connectivity index (χ0) is 10.8. The number of nitrogens with zero attached hydrogens (tertiary/aromatic N) is 2. The van der Waals surface area contributed by atoms with Crippen LogP contribution in [-0.2, 0) is 0 Å². The Labute approximate surface area is 87.4 Å². The smallest absolute Gasteiger partial charge is 0.263 e. The van der Waals surface area contributed by atoms with Gasteiger partial charge in [0.2, 0.25) is 0 Å². The van der Waals surface area contributed by atoms with Crippen molar-refractivity contribution in [2.24, 2.45) is 0 Å². The molecule has 0 aliphatic carbocycles. The lowest BCUT2D eigenvalue weighted by molar-refractivity contribution is 0.0957. The molecule has 4 heteroatoms. The molecule has 0 aliphatic rings. The van der Waals surface area contributed by atoms with E-state index in [4.69, 9.17) is 5.73 Å². The highest BCUT2D eigenvalue weighted by Gasteiger charge is 2.09. The summed E-state index contributed by atoms with van der Waals surface area (Å²) >= 11 is 0. The molecule has 2 rings (SSSR count). The molecule has 0 fully saturated rings. The Morgan fingerprint density at radius 1 is 1.33 bits per heavy atom. The predicted molar refractivity (Wildman–Crippen MR) is 57.5 cm³/mol. The van der Waals surface area contributed by atoms with E-state index < -0.39 is 0 Å².